The largest absolute Gasteiger partial charge is 0.456 e. The van der Waals surface area contributed by atoms with Crippen molar-refractivity contribution in [2.75, 3.05) is 61.9 Å². The SMILES string of the molecule is CCCC(c1ccc(Br)cc1)N1CCN(c2ccc(C(=O)NSc3ccc(NCC4CCOCC4)c(N)c3)c(Oc3ccc4[nH]ccc4c3)c2)CC1. The Kier molecular flexibility index (Phi) is 11.9. The molecule has 0 saturated carbocycles. The van der Waals surface area contributed by atoms with Crippen molar-refractivity contribution in [2.45, 2.75) is 43.5 Å². The van der Waals surface area contributed by atoms with Gasteiger partial charge >= 0.3 is 0 Å². The van der Waals surface area contributed by atoms with Gasteiger partial charge in [0.05, 0.1) is 16.9 Å². The highest BCUT2D eigenvalue weighted by Crippen LogP contribution is 2.35. The molecule has 7 rings (SSSR count). The quantitative estimate of drug-likeness (QED) is 0.0692. The average Bonchev–Trinajstić information content (AvgIpc) is 3.65. The number of nitrogen functional groups attached to an aromatic ring is 1. The predicted octanol–water partition coefficient (Wildman–Crippen LogP) is 9.24. The second-order valence-corrected chi connectivity index (χ2v) is 15.4. The number of nitrogens with one attached hydrogen (secondary N) is 3. The summed E-state index contributed by atoms with van der Waals surface area (Å²) in [6, 6.07) is 28.8. The Bertz CT molecular complexity index is 1960. The Labute approximate surface area is 318 Å². The van der Waals surface area contributed by atoms with Gasteiger partial charge in [-0.25, -0.2) is 0 Å². The Balaban J connectivity index is 1.05. The summed E-state index contributed by atoms with van der Waals surface area (Å²) in [6.07, 6.45) is 6.28. The summed E-state index contributed by atoms with van der Waals surface area (Å²) in [4.78, 5) is 22.8. The number of ether oxygens (including phenoxy) is 2. The van der Waals surface area contributed by atoms with Crippen molar-refractivity contribution in [1.82, 2.24) is 14.6 Å². The lowest BCUT2D eigenvalue weighted by atomic mass is 9.99. The molecule has 1 atom stereocenters. The molecule has 3 heterocycles. The number of nitrogens with two attached hydrogens (primary N) is 1. The molecule has 2 saturated heterocycles. The fourth-order valence-electron chi connectivity index (χ4n) is 7.14. The fourth-order valence-corrected chi connectivity index (χ4v) is 8.05. The van der Waals surface area contributed by atoms with Crippen molar-refractivity contribution in [1.29, 1.82) is 0 Å². The third-order valence-electron chi connectivity index (χ3n) is 10.1. The Morgan fingerprint density at radius 3 is 2.58 bits per heavy atom. The number of H-pyrrole nitrogens is 1. The van der Waals surface area contributed by atoms with E-state index in [1.807, 2.05) is 66.9 Å². The number of halogens is 1. The van der Waals surface area contributed by atoms with E-state index < -0.39 is 0 Å². The molecule has 1 aromatic heterocycles. The van der Waals surface area contributed by atoms with E-state index in [0.29, 0.717) is 34.7 Å². The number of hydrogen-bond donors (Lipinski definition) is 4. The van der Waals surface area contributed by atoms with E-state index in [0.717, 1.165) is 103 Å². The molecule has 11 heteroatoms. The highest BCUT2D eigenvalue weighted by atomic mass is 79.9. The molecular formula is C41H47BrN6O3S. The van der Waals surface area contributed by atoms with E-state index >= 15 is 0 Å². The molecule has 2 aliphatic heterocycles. The van der Waals surface area contributed by atoms with Crippen molar-refractivity contribution in [3.63, 3.8) is 0 Å². The first-order valence-corrected chi connectivity index (χ1v) is 19.9. The van der Waals surface area contributed by atoms with E-state index in [1.54, 1.807) is 0 Å². The summed E-state index contributed by atoms with van der Waals surface area (Å²) >= 11 is 4.83. The van der Waals surface area contributed by atoms with Crippen LogP contribution in [-0.4, -0.2) is 61.7 Å². The molecule has 0 radical (unpaired) electrons. The van der Waals surface area contributed by atoms with Crippen molar-refractivity contribution >= 4 is 61.8 Å². The molecule has 5 aromatic rings. The van der Waals surface area contributed by atoms with Crippen LogP contribution in [0.4, 0.5) is 17.1 Å². The zero-order valence-corrected chi connectivity index (χ0v) is 32.0. The molecule has 1 amide bonds. The topological polar surface area (TPSA) is 108 Å². The number of carbonyl (C=O) groups excluding carboxylic acids is 1. The summed E-state index contributed by atoms with van der Waals surface area (Å²) < 4.78 is 16.1. The third kappa shape index (κ3) is 8.89. The zero-order chi connectivity index (χ0) is 35.9. The van der Waals surface area contributed by atoms with Crippen LogP contribution in [0, 0.1) is 5.92 Å². The number of amides is 1. The minimum atomic E-state index is -0.240. The molecule has 2 aliphatic rings. The van der Waals surface area contributed by atoms with Crippen LogP contribution in [0.25, 0.3) is 10.9 Å². The number of rotatable bonds is 13. The standard InChI is InChI=1S/C41H47BrN6O3S/c1-2-3-39(29-4-6-31(42)7-5-29)48-20-18-47(19-21-48)32-8-11-35(40(25-32)51-33-9-12-37-30(24-33)14-17-44-37)41(49)46-52-34-10-13-38(36(43)26-34)45-27-28-15-22-50-23-16-28/h4-14,17,24-26,28,39,44-45H,2-3,15-16,18-23,27,43H2,1H3,(H,46,49). The number of anilines is 3. The number of piperazine rings is 1. The van der Waals surface area contributed by atoms with Gasteiger partial charge in [-0.15, -0.1) is 0 Å². The zero-order valence-electron chi connectivity index (χ0n) is 29.6. The monoisotopic (exact) mass is 782 g/mol. The molecule has 5 N–H and O–H groups in total. The molecule has 0 spiro atoms. The summed E-state index contributed by atoms with van der Waals surface area (Å²) in [6.45, 7) is 8.43. The summed E-state index contributed by atoms with van der Waals surface area (Å²) in [5, 5.41) is 4.54. The first-order valence-electron chi connectivity index (χ1n) is 18.3. The van der Waals surface area contributed by atoms with E-state index in [-0.39, 0.29) is 5.91 Å². The van der Waals surface area contributed by atoms with Gasteiger partial charge in [-0.3, -0.25) is 14.4 Å². The molecule has 1 unspecified atom stereocenters. The maximum absolute atomic E-state index is 13.8. The van der Waals surface area contributed by atoms with Gasteiger partial charge in [-0.05, 0) is 109 Å². The van der Waals surface area contributed by atoms with Crippen LogP contribution in [0.15, 0.2) is 100 Å². The van der Waals surface area contributed by atoms with Crippen LogP contribution in [0.1, 0.15) is 54.6 Å². The number of aromatic nitrogens is 1. The Morgan fingerprint density at radius 1 is 1.00 bits per heavy atom. The summed E-state index contributed by atoms with van der Waals surface area (Å²) in [5.41, 5.74) is 11.9. The molecule has 2 fully saturated rings. The molecule has 0 aliphatic carbocycles. The number of fused-ring (bicyclic) bond motifs is 1. The minimum Gasteiger partial charge on any atom is -0.456 e. The highest BCUT2D eigenvalue weighted by Gasteiger charge is 2.26. The number of carbonyl (C=O) groups is 1. The maximum atomic E-state index is 13.8. The lowest BCUT2D eigenvalue weighted by molar-refractivity contribution is 0.0699. The molecule has 52 heavy (non-hydrogen) atoms. The molecule has 0 bridgehead atoms. The highest BCUT2D eigenvalue weighted by molar-refractivity contribution is 9.10. The van der Waals surface area contributed by atoms with Crippen molar-refractivity contribution in [3.05, 3.63) is 107 Å². The number of aromatic amines is 1. The van der Waals surface area contributed by atoms with Crippen molar-refractivity contribution in [3.8, 4) is 11.5 Å². The lowest BCUT2D eigenvalue weighted by Crippen LogP contribution is -2.47. The van der Waals surface area contributed by atoms with Gasteiger partial charge in [0.1, 0.15) is 11.5 Å². The Morgan fingerprint density at radius 2 is 1.81 bits per heavy atom. The molecule has 4 aromatic carbocycles. The van der Waals surface area contributed by atoms with Gasteiger partial charge in [0.15, 0.2) is 0 Å². The van der Waals surface area contributed by atoms with Gasteiger partial charge in [0.25, 0.3) is 5.91 Å². The second-order valence-electron chi connectivity index (χ2n) is 13.6. The Hall–Kier alpha value is -4.16. The molecular weight excluding hydrogens is 736 g/mol. The second kappa shape index (κ2) is 17.1. The van der Waals surface area contributed by atoms with Crippen LogP contribution < -0.4 is 25.4 Å². The molecule has 272 valence electrons. The van der Waals surface area contributed by atoms with Gasteiger partial charge in [-0.2, -0.15) is 0 Å². The van der Waals surface area contributed by atoms with Gasteiger partial charge in [-0.1, -0.05) is 41.4 Å². The minimum absolute atomic E-state index is 0.240. The summed E-state index contributed by atoms with van der Waals surface area (Å²) in [7, 11) is 0. The number of nitrogens with zero attached hydrogens (tertiary/aromatic N) is 2. The van der Waals surface area contributed by atoms with E-state index in [9.17, 15) is 4.79 Å². The van der Waals surface area contributed by atoms with Crippen molar-refractivity contribution in [2.24, 2.45) is 5.92 Å². The van der Waals surface area contributed by atoms with Crippen LogP contribution in [0.5, 0.6) is 11.5 Å². The van der Waals surface area contributed by atoms with Gasteiger partial charge in [0.2, 0.25) is 0 Å². The van der Waals surface area contributed by atoms with Crippen LogP contribution >= 0.6 is 27.9 Å². The van der Waals surface area contributed by atoms with Crippen LogP contribution in [0.2, 0.25) is 0 Å². The maximum Gasteiger partial charge on any atom is 0.265 e. The van der Waals surface area contributed by atoms with Gasteiger partial charge in [0, 0.05) is 90.2 Å². The first kappa shape index (κ1) is 36.2. The number of benzene rings is 4. The van der Waals surface area contributed by atoms with E-state index in [2.05, 4.69) is 71.9 Å². The summed E-state index contributed by atoms with van der Waals surface area (Å²) in [5.74, 6) is 1.53. The van der Waals surface area contributed by atoms with Gasteiger partial charge < -0.3 is 30.4 Å². The lowest BCUT2D eigenvalue weighted by Gasteiger charge is -2.40. The molecule has 9 nitrogen and oxygen atoms in total. The number of hydrogen-bond acceptors (Lipinski definition) is 8. The predicted molar refractivity (Wildman–Crippen MR) is 217 cm³/mol. The average molecular weight is 784 g/mol. The normalized spacial score (nSPS) is 16.2. The van der Waals surface area contributed by atoms with Crippen LogP contribution in [-0.2, 0) is 4.74 Å². The van der Waals surface area contributed by atoms with E-state index in [1.165, 1.54) is 17.5 Å². The fraction of sp³-hybridized carbons (Fsp3) is 0.341. The first-order chi connectivity index (χ1) is 25.4. The van der Waals surface area contributed by atoms with Crippen molar-refractivity contribution < 1.29 is 14.3 Å². The smallest absolute Gasteiger partial charge is 0.265 e. The van der Waals surface area contributed by atoms with Crippen LogP contribution in [0.3, 0.4) is 0 Å². The third-order valence-corrected chi connectivity index (χ3v) is 11.4. The van der Waals surface area contributed by atoms with E-state index in [4.69, 9.17) is 15.2 Å².